The van der Waals surface area contributed by atoms with Crippen LogP contribution in [-0.4, -0.2) is 44.1 Å². The molecule has 2 heterocycles. The number of hydrogen-bond donors (Lipinski definition) is 1. The standard InChI is InChI=1S/C8H13N4O3S/c1-7-6-8(10-15-7)11-16(13,14)12-4-2-9-3-5-12/h6,9H,2-5H2,1H3/q-1/p+1. The van der Waals surface area contributed by atoms with Crippen LogP contribution in [0.4, 0.5) is 5.82 Å². The second kappa shape index (κ2) is 4.40. The number of rotatable bonds is 3. The van der Waals surface area contributed by atoms with Crippen molar-refractivity contribution in [2.24, 2.45) is 0 Å². The second-order valence-corrected chi connectivity index (χ2v) is 5.22. The van der Waals surface area contributed by atoms with E-state index in [9.17, 15) is 8.42 Å². The molecular weight excluding hydrogens is 232 g/mol. The lowest BCUT2D eigenvalue weighted by Crippen LogP contribution is -2.89. The third kappa shape index (κ3) is 2.52. The van der Waals surface area contributed by atoms with Crippen molar-refractivity contribution >= 4 is 16.0 Å². The summed E-state index contributed by atoms with van der Waals surface area (Å²) in [5, 5.41) is 5.62. The molecule has 0 unspecified atom stereocenters. The zero-order valence-electron chi connectivity index (χ0n) is 8.96. The summed E-state index contributed by atoms with van der Waals surface area (Å²) in [4.78, 5) is 0. The van der Waals surface area contributed by atoms with E-state index in [1.807, 2.05) is 0 Å². The van der Waals surface area contributed by atoms with Crippen LogP contribution >= 0.6 is 0 Å². The Bertz CT molecular complexity index is 450. The molecule has 0 radical (unpaired) electrons. The molecule has 1 aliphatic rings. The van der Waals surface area contributed by atoms with E-state index >= 15 is 0 Å². The molecule has 1 fully saturated rings. The molecule has 1 saturated heterocycles. The largest absolute Gasteiger partial charge is 0.460 e. The molecule has 2 rings (SSSR count). The van der Waals surface area contributed by atoms with Crippen LogP contribution in [0, 0.1) is 6.92 Å². The summed E-state index contributed by atoms with van der Waals surface area (Å²) in [6.45, 7) is 4.21. The third-order valence-electron chi connectivity index (χ3n) is 2.32. The van der Waals surface area contributed by atoms with Gasteiger partial charge in [-0.05, 0) is 18.8 Å². The van der Waals surface area contributed by atoms with Gasteiger partial charge >= 0.3 is 0 Å². The van der Waals surface area contributed by atoms with Gasteiger partial charge < -0.3 is 14.6 Å². The van der Waals surface area contributed by atoms with E-state index < -0.39 is 10.2 Å². The van der Waals surface area contributed by atoms with E-state index in [1.165, 1.54) is 10.4 Å². The fourth-order valence-electron chi connectivity index (χ4n) is 1.53. The Morgan fingerprint density at radius 2 is 2.19 bits per heavy atom. The number of nitrogens with two attached hydrogens (primary N) is 1. The smallest absolute Gasteiger partial charge is 0.240 e. The van der Waals surface area contributed by atoms with Gasteiger partial charge in [-0.2, -0.15) is 4.31 Å². The summed E-state index contributed by atoms with van der Waals surface area (Å²) in [6.07, 6.45) is 0. The topological polar surface area (TPSA) is 94.1 Å². The van der Waals surface area contributed by atoms with E-state index in [0.717, 1.165) is 13.1 Å². The van der Waals surface area contributed by atoms with Crippen molar-refractivity contribution in [2.75, 3.05) is 26.2 Å². The van der Waals surface area contributed by atoms with E-state index in [0.29, 0.717) is 18.8 Å². The Morgan fingerprint density at radius 3 is 2.75 bits per heavy atom. The van der Waals surface area contributed by atoms with Crippen molar-refractivity contribution in [1.82, 2.24) is 9.46 Å². The summed E-state index contributed by atoms with van der Waals surface area (Å²) in [5.74, 6) is 0.646. The molecular formula is C8H14N4O3S. The highest BCUT2D eigenvalue weighted by Crippen LogP contribution is 2.23. The quantitative estimate of drug-likeness (QED) is 0.748. The molecule has 0 atom stereocenters. The van der Waals surface area contributed by atoms with Gasteiger partial charge in [0.1, 0.15) is 5.76 Å². The SMILES string of the molecule is Cc1cc([N-]S(=O)(=O)N2CC[NH2+]CC2)no1. The molecule has 0 spiro atoms. The van der Waals surface area contributed by atoms with Crippen molar-refractivity contribution < 1.29 is 18.3 Å². The zero-order valence-corrected chi connectivity index (χ0v) is 9.77. The molecule has 16 heavy (non-hydrogen) atoms. The Hall–Kier alpha value is -1.12. The minimum Gasteiger partial charge on any atom is -0.460 e. The molecule has 0 bridgehead atoms. The monoisotopic (exact) mass is 246 g/mol. The minimum atomic E-state index is -3.61. The fraction of sp³-hybridized carbons (Fsp3) is 0.625. The highest BCUT2D eigenvalue weighted by molar-refractivity contribution is 7.92. The van der Waals surface area contributed by atoms with E-state index in [4.69, 9.17) is 4.52 Å². The molecule has 90 valence electrons. The number of quaternary nitrogens is 1. The van der Waals surface area contributed by atoms with Gasteiger partial charge in [0.05, 0.1) is 26.2 Å². The summed E-state index contributed by atoms with van der Waals surface area (Å²) in [7, 11) is -3.61. The van der Waals surface area contributed by atoms with Crippen molar-refractivity contribution in [2.45, 2.75) is 6.92 Å². The van der Waals surface area contributed by atoms with Crippen LogP contribution in [0.1, 0.15) is 5.76 Å². The lowest BCUT2D eigenvalue weighted by atomic mass is 10.4. The molecule has 0 aromatic carbocycles. The normalized spacial score (nSPS) is 18.6. The van der Waals surface area contributed by atoms with Crippen LogP contribution < -0.4 is 5.32 Å². The number of hydrogen-bond acceptors (Lipinski definition) is 4. The Morgan fingerprint density at radius 1 is 1.50 bits per heavy atom. The van der Waals surface area contributed by atoms with Gasteiger partial charge in [-0.25, -0.2) is 8.42 Å². The molecule has 1 aromatic rings. The zero-order chi connectivity index (χ0) is 11.6. The first kappa shape index (κ1) is 11.4. The number of aryl methyl sites for hydroxylation is 1. The Labute approximate surface area is 94.0 Å². The minimum absolute atomic E-state index is 0.104. The van der Waals surface area contributed by atoms with Crippen LogP contribution in [-0.2, 0) is 10.2 Å². The van der Waals surface area contributed by atoms with Gasteiger partial charge in [0.2, 0.25) is 10.2 Å². The molecule has 8 heteroatoms. The van der Waals surface area contributed by atoms with Crippen LogP contribution in [0.15, 0.2) is 10.6 Å². The van der Waals surface area contributed by atoms with Crippen molar-refractivity contribution in [3.63, 3.8) is 0 Å². The summed E-state index contributed by atoms with van der Waals surface area (Å²) in [6, 6.07) is 1.49. The second-order valence-electron chi connectivity index (χ2n) is 3.63. The maximum absolute atomic E-state index is 11.8. The molecule has 0 amide bonds. The molecule has 7 nitrogen and oxygen atoms in total. The molecule has 2 N–H and O–H groups in total. The van der Waals surface area contributed by atoms with Crippen molar-refractivity contribution in [3.8, 4) is 0 Å². The van der Waals surface area contributed by atoms with Gasteiger partial charge in [0.15, 0.2) is 0 Å². The van der Waals surface area contributed by atoms with Crippen LogP contribution in [0.5, 0.6) is 0 Å². The number of piperazine rings is 1. The van der Waals surface area contributed by atoms with Crippen molar-refractivity contribution in [1.29, 1.82) is 0 Å². The predicted molar refractivity (Wildman–Crippen MR) is 56.4 cm³/mol. The summed E-state index contributed by atoms with van der Waals surface area (Å²) in [5.41, 5.74) is 0. The summed E-state index contributed by atoms with van der Waals surface area (Å²) < 4.78 is 33.4. The van der Waals surface area contributed by atoms with Gasteiger partial charge in [-0.15, -0.1) is 0 Å². The van der Waals surface area contributed by atoms with Crippen LogP contribution in [0.3, 0.4) is 0 Å². The highest BCUT2D eigenvalue weighted by Gasteiger charge is 2.22. The number of aromatic nitrogens is 1. The Balaban J connectivity index is 2.07. The number of nitrogens with zero attached hydrogens (tertiary/aromatic N) is 3. The molecule has 1 aromatic heterocycles. The lowest BCUT2D eigenvalue weighted by molar-refractivity contribution is -0.661. The average Bonchev–Trinajstić information content (AvgIpc) is 2.64. The van der Waals surface area contributed by atoms with Gasteiger partial charge in [-0.1, -0.05) is 0 Å². The molecule has 1 aliphatic heterocycles. The highest BCUT2D eigenvalue weighted by atomic mass is 32.2. The van der Waals surface area contributed by atoms with Crippen LogP contribution in [0.25, 0.3) is 4.72 Å². The predicted octanol–water partition coefficient (Wildman–Crippen LogP) is -0.888. The maximum atomic E-state index is 11.8. The Kier molecular flexibility index (Phi) is 3.13. The third-order valence-corrected chi connectivity index (χ3v) is 3.75. The van der Waals surface area contributed by atoms with Gasteiger partial charge in [0, 0.05) is 0 Å². The van der Waals surface area contributed by atoms with Crippen LogP contribution in [0.2, 0.25) is 0 Å². The first-order chi connectivity index (χ1) is 7.58. The average molecular weight is 246 g/mol. The van der Waals surface area contributed by atoms with Gasteiger partial charge in [-0.3, -0.25) is 5.16 Å². The first-order valence-corrected chi connectivity index (χ1v) is 6.46. The van der Waals surface area contributed by atoms with Crippen molar-refractivity contribution in [3.05, 3.63) is 16.5 Å². The van der Waals surface area contributed by atoms with E-state index in [2.05, 4.69) is 15.2 Å². The molecule has 0 aliphatic carbocycles. The first-order valence-electron chi connectivity index (χ1n) is 5.06. The fourth-order valence-corrected chi connectivity index (χ4v) is 2.64. The summed E-state index contributed by atoms with van der Waals surface area (Å²) >= 11 is 0. The van der Waals surface area contributed by atoms with Gasteiger partial charge in [0.25, 0.3) is 0 Å². The lowest BCUT2D eigenvalue weighted by Gasteiger charge is -2.27. The maximum Gasteiger partial charge on any atom is 0.240 e. The molecule has 0 saturated carbocycles. The van der Waals surface area contributed by atoms with E-state index in [1.54, 1.807) is 6.92 Å². The van der Waals surface area contributed by atoms with E-state index in [-0.39, 0.29) is 5.82 Å².